The van der Waals surface area contributed by atoms with E-state index in [9.17, 15) is 0 Å². The van der Waals surface area contributed by atoms with E-state index in [0.717, 1.165) is 38.5 Å². The summed E-state index contributed by atoms with van der Waals surface area (Å²) in [6.45, 7) is 7.15. The Kier molecular flexibility index (Phi) is 3.95. The van der Waals surface area contributed by atoms with Crippen LogP contribution in [-0.4, -0.2) is 14.8 Å². The third kappa shape index (κ3) is 2.68. The van der Waals surface area contributed by atoms with Gasteiger partial charge in [0.05, 0.1) is 11.4 Å². The molecule has 0 atom stereocenters. The first-order valence-electron chi connectivity index (χ1n) is 6.86. The average Bonchev–Trinajstić information content (AvgIpc) is 3.04. The molecule has 0 aliphatic carbocycles. The van der Waals surface area contributed by atoms with Gasteiger partial charge in [0.2, 0.25) is 0 Å². The smallest absolute Gasteiger partial charge is 0.124 e. The Morgan fingerprint density at radius 3 is 2.52 bits per heavy atom. The number of hydrogen-bond acceptors (Lipinski definition) is 3. The van der Waals surface area contributed by atoms with Crippen molar-refractivity contribution in [1.82, 2.24) is 14.8 Å². The number of hydrogen-bond donors (Lipinski definition) is 0. The van der Waals surface area contributed by atoms with E-state index in [1.165, 1.54) is 5.69 Å². The van der Waals surface area contributed by atoms with E-state index in [-0.39, 0.29) is 0 Å². The van der Waals surface area contributed by atoms with Crippen LogP contribution >= 0.6 is 27.3 Å². The van der Waals surface area contributed by atoms with Crippen molar-refractivity contribution in [2.24, 2.45) is 0 Å². The third-order valence-corrected chi connectivity index (χ3v) is 4.95. The second-order valence-corrected chi connectivity index (χ2v) is 6.68. The molecule has 3 nitrogen and oxygen atoms in total. The van der Waals surface area contributed by atoms with Gasteiger partial charge in [0.25, 0.3) is 0 Å². The first-order valence-corrected chi connectivity index (χ1v) is 8.53. The second kappa shape index (κ2) is 5.73. The lowest BCUT2D eigenvalue weighted by Crippen LogP contribution is -1.98. The molecule has 0 saturated carbocycles. The Hall–Kier alpha value is -1.46. The molecule has 1 aromatic carbocycles. The molecule has 5 heteroatoms. The van der Waals surface area contributed by atoms with Crippen LogP contribution in [0.4, 0.5) is 0 Å². The lowest BCUT2D eigenvalue weighted by atomic mass is 10.1. The van der Waals surface area contributed by atoms with Gasteiger partial charge < -0.3 is 0 Å². The number of thiazole rings is 1. The van der Waals surface area contributed by atoms with Crippen LogP contribution in [0.25, 0.3) is 21.8 Å². The first-order chi connectivity index (χ1) is 10.1. The van der Waals surface area contributed by atoms with Gasteiger partial charge in [0.1, 0.15) is 5.01 Å². The van der Waals surface area contributed by atoms with Crippen LogP contribution in [0, 0.1) is 13.8 Å². The molecule has 3 rings (SSSR count). The molecular weight excluding hydrogens is 346 g/mol. The summed E-state index contributed by atoms with van der Waals surface area (Å²) in [5.74, 6) is 0. The molecule has 2 aromatic heterocycles. The van der Waals surface area contributed by atoms with Crippen LogP contribution in [0.5, 0.6) is 0 Å². The molecule has 0 radical (unpaired) electrons. The van der Waals surface area contributed by atoms with Gasteiger partial charge in [-0.15, -0.1) is 11.3 Å². The zero-order valence-corrected chi connectivity index (χ0v) is 14.6. The summed E-state index contributed by atoms with van der Waals surface area (Å²) in [4.78, 5) is 4.80. The van der Waals surface area contributed by atoms with Gasteiger partial charge in [-0.25, -0.2) is 4.98 Å². The molecule has 108 valence electrons. The minimum absolute atomic E-state index is 0.885. The zero-order valence-electron chi connectivity index (χ0n) is 12.2. The largest absolute Gasteiger partial charge is 0.269 e. The molecule has 0 spiro atoms. The summed E-state index contributed by atoms with van der Waals surface area (Å²) in [5.41, 5.74) is 5.56. The molecule has 0 unspecified atom stereocenters. The van der Waals surface area contributed by atoms with Crippen molar-refractivity contribution in [1.29, 1.82) is 0 Å². The number of benzene rings is 1. The van der Waals surface area contributed by atoms with E-state index < -0.39 is 0 Å². The van der Waals surface area contributed by atoms with Crippen LogP contribution in [0.2, 0.25) is 0 Å². The average molecular weight is 362 g/mol. The maximum Gasteiger partial charge on any atom is 0.124 e. The van der Waals surface area contributed by atoms with Crippen LogP contribution in [0.15, 0.2) is 34.1 Å². The molecule has 2 heterocycles. The van der Waals surface area contributed by atoms with Crippen LogP contribution in [0.3, 0.4) is 0 Å². The fraction of sp³-hybridized carbons (Fsp3) is 0.250. The number of aryl methyl sites for hydroxylation is 2. The highest BCUT2D eigenvalue weighted by atomic mass is 79.9. The lowest BCUT2D eigenvalue weighted by Gasteiger charge is -2.00. The first kappa shape index (κ1) is 14.5. The number of rotatable bonds is 3. The Balaban J connectivity index is 2.02. The van der Waals surface area contributed by atoms with Crippen molar-refractivity contribution >= 4 is 27.3 Å². The topological polar surface area (TPSA) is 30.7 Å². The molecule has 21 heavy (non-hydrogen) atoms. The predicted octanol–water partition coefficient (Wildman–Crippen LogP) is 5.07. The summed E-state index contributed by atoms with van der Waals surface area (Å²) in [7, 11) is 0. The van der Waals surface area contributed by atoms with Crippen LogP contribution < -0.4 is 0 Å². The maximum atomic E-state index is 4.80. The van der Waals surface area contributed by atoms with E-state index in [1.807, 2.05) is 23.7 Å². The summed E-state index contributed by atoms with van der Waals surface area (Å²) >= 11 is 5.14. The maximum absolute atomic E-state index is 4.80. The van der Waals surface area contributed by atoms with E-state index in [0.29, 0.717) is 0 Å². The number of nitrogens with zero attached hydrogens (tertiary/aromatic N) is 3. The number of aromatic nitrogens is 3. The highest BCUT2D eigenvalue weighted by molar-refractivity contribution is 9.10. The van der Waals surface area contributed by atoms with Crippen molar-refractivity contribution < 1.29 is 0 Å². The SMILES string of the molecule is CCn1nc(C)c(-c2csc(-c3ccc(Br)cc3)n2)c1C. The number of halogens is 1. The molecule has 0 fully saturated rings. The zero-order chi connectivity index (χ0) is 15.0. The Morgan fingerprint density at radius 2 is 1.90 bits per heavy atom. The molecule has 0 aliphatic heterocycles. The highest BCUT2D eigenvalue weighted by Crippen LogP contribution is 2.32. The van der Waals surface area contributed by atoms with E-state index in [1.54, 1.807) is 11.3 Å². The molecule has 0 bridgehead atoms. The highest BCUT2D eigenvalue weighted by Gasteiger charge is 2.16. The van der Waals surface area contributed by atoms with Gasteiger partial charge in [-0.05, 0) is 32.9 Å². The standard InChI is InChI=1S/C16H16BrN3S/c1-4-20-11(3)15(10(2)19-20)14-9-21-16(18-14)12-5-7-13(17)8-6-12/h5-9H,4H2,1-3H3. The van der Waals surface area contributed by atoms with Crippen molar-refractivity contribution in [2.75, 3.05) is 0 Å². The van der Waals surface area contributed by atoms with Crippen molar-refractivity contribution in [3.63, 3.8) is 0 Å². The molecule has 0 amide bonds. The molecule has 3 aromatic rings. The van der Waals surface area contributed by atoms with E-state index in [2.05, 4.69) is 52.4 Å². The van der Waals surface area contributed by atoms with Gasteiger partial charge in [-0.1, -0.05) is 28.1 Å². The minimum Gasteiger partial charge on any atom is -0.269 e. The fourth-order valence-corrected chi connectivity index (χ4v) is 3.57. The quantitative estimate of drug-likeness (QED) is 0.651. The normalized spacial score (nSPS) is 11.0. The molecule has 0 saturated heterocycles. The Bertz CT molecular complexity index is 771. The summed E-state index contributed by atoms with van der Waals surface area (Å²) in [5, 5.41) is 7.74. The van der Waals surface area contributed by atoms with Crippen molar-refractivity contribution in [2.45, 2.75) is 27.3 Å². The second-order valence-electron chi connectivity index (χ2n) is 4.91. The van der Waals surface area contributed by atoms with Gasteiger partial charge in [-0.3, -0.25) is 4.68 Å². The summed E-state index contributed by atoms with van der Waals surface area (Å²) in [6, 6.07) is 8.26. The van der Waals surface area contributed by atoms with E-state index in [4.69, 9.17) is 4.98 Å². The molecular formula is C16H16BrN3S. The van der Waals surface area contributed by atoms with Crippen LogP contribution in [0.1, 0.15) is 18.3 Å². The van der Waals surface area contributed by atoms with Crippen molar-refractivity contribution in [3.05, 3.63) is 45.5 Å². The summed E-state index contributed by atoms with van der Waals surface area (Å²) < 4.78 is 3.11. The monoisotopic (exact) mass is 361 g/mol. The van der Waals surface area contributed by atoms with Crippen LogP contribution in [-0.2, 0) is 6.54 Å². The van der Waals surface area contributed by atoms with Crippen molar-refractivity contribution in [3.8, 4) is 21.8 Å². The Morgan fingerprint density at radius 1 is 1.19 bits per heavy atom. The fourth-order valence-electron chi connectivity index (χ4n) is 2.49. The minimum atomic E-state index is 0.885. The molecule has 0 aliphatic rings. The van der Waals surface area contributed by atoms with Gasteiger partial charge in [0, 0.05) is 33.2 Å². The Labute approximate surface area is 136 Å². The predicted molar refractivity (Wildman–Crippen MR) is 91.6 cm³/mol. The summed E-state index contributed by atoms with van der Waals surface area (Å²) in [6.07, 6.45) is 0. The van der Waals surface area contributed by atoms with E-state index >= 15 is 0 Å². The third-order valence-electron chi connectivity index (χ3n) is 3.53. The molecule has 0 N–H and O–H groups in total. The van der Waals surface area contributed by atoms with Gasteiger partial charge in [0.15, 0.2) is 0 Å². The van der Waals surface area contributed by atoms with Gasteiger partial charge >= 0.3 is 0 Å². The lowest BCUT2D eigenvalue weighted by molar-refractivity contribution is 0.634. The van der Waals surface area contributed by atoms with Gasteiger partial charge in [-0.2, -0.15) is 5.10 Å².